The molecule has 0 aromatic rings. The fraction of sp³-hybridized carbons (Fsp3) is 0.500. The summed E-state index contributed by atoms with van der Waals surface area (Å²) in [5.74, 6) is -0.616. The van der Waals surface area contributed by atoms with Crippen LogP contribution in [0.4, 0.5) is 0 Å². The van der Waals surface area contributed by atoms with Crippen LogP contribution in [0.2, 0.25) is 0 Å². The quantitative estimate of drug-likeness (QED) is 0.318. The molecule has 0 fully saturated rings. The van der Waals surface area contributed by atoms with Gasteiger partial charge in [-0.25, -0.2) is 0 Å². The molecule has 2 N–H and O–H groups in total. The third-order valence-electron chi connectivity index (χ3n) is 0.609. The number of carbonyl (C=O) groups is 1. The van der Waals surface area contributed by atoms with Crippen LogP contribution in [0.25, 0.3) is 0 Å². The lowest BCUT2D eigenvalue weighted by Gasteiger charge is -1.96. The molecule has 0 aliphatic rings. The topological polar surface area (TPSA) is 95.8 Å². The van der Waals surface area contributed by atoms with E-state index in [2.05, 4.69) is 9.71 Å². The van der Waals surface area contributed by atoms with Crippen LogP contribution in [0.1, 0.15) is 13.8 Å². The molecule has 0 unspecified atom stereocenters. The Hall–Kier alpha value is -0.950. The van der Waals surface area contributed by atoms with Crippen molar-refractivity contribution in [1.82, 2.24) is 5.32 Å². The Kier molecular flexibility index (Phi) is 3.15. The smallest absolute Gasteiger partial charge is 0.314 e. The summed E-state index contributed by atoms with van der Waals surface area (Å²) < 4.78 is 31.0. The molecule has 0 aromatic carbocycles. The molecular weight excluding hydrogens is 172 g/mol. The van der Waals surface area contributed by atoms with Gasteiger partial charge in [-0.15, -0.1) is 4.40 Å². The Labute approximate surface area is 64.2 Å². The summed E-state index contributed by atoms with van der Waals surface area (Å²) in [6.07, 6.45) is 0. The maximum atomic E-state index is 10.3. The van der Waals surface area contributed by atoms with Gasteiger partial charge in [0.25, 0.3) is 0 Å². The van der Waals surface area contributed by atoms with Crippen molar-refractivity contribution in [1.29, 1.82) is 0 Å². The second-order valence-corrected chi connectivity index (χ2v) is 2.88. The molecule has 0 heterocycles. The van der Waals surface area contributed by atoms with E-state index in [1.165, 1.54) is 13.8 Å². The second kappa shape index (κ2) is 3.44. The minimum absolute atomic E-state index is 0.167. The zero-order valence-electron chi connectivity index (χ0n) is 6.03. The number of nitrogens with one attached hydrogen (secondary N) is 1. The highest BCUT2D eigenvalue weighted by atomic mass is 32.2. The van der Waals surface area contributed by atoms with Crippen LogP contribution in [0.15, 0.2) is 4.40 Å². The van der Waals surface area contributed by atoms with Crippen LogP contribution in [0, 0.1) is 0 Å². The first-order chi connectivity index (χ1) is 4.81. The maximum absolute atomic E-state index is 10.3. The molecule has 0 saturated carbocycles. The van der Waals surface area contributed by atoms with Gasteiger partial charge in [0.1, 0.15) is 5.84 Å². The Morgan fingerprint density at radius 2 is 1.91 bits per heavy atom. The number of amides is 1. The first kappa shape index (κ1) is 10.0. The Morgan fingerprint density at radius 1 is 1.45 bits per heavy atom. The minimum atomic E-state index is -4.40. The number of hydrogen-bond acceptors (Lipinski definition) is 3. The van der Waals surface area contributed by atoms with E-state index in [0.29, 0.717) is 0 Å². The van der Waals surface area contributed by atoms with Gasteiger partial charge in [0.15, 0.2) is 0 Å². The molecule has 0 atom stereocenters. The molecule has 1 amide bonds. The second-order valence-electron chi connectivity index (χ2n) is 1.81. The number of amidine groups is 1. The first-order valence-electron chi connectivity index (χ1n) is 2.63. The summed E-state index contributed by atoms with van der Waals surface area (Å²) in [4.78, 5) is 10.3. The van der Waals surface area contributed by atoms with Gasteiger partial charge in [0.05, 0.1) is 0 Å². The molecule has 0 bridgehead atoms. The van der Waals surface area contributed by atoms with Crippen molar-refractivity contribution in [3.05, 3.63) is 0 Å². The molecule has 64 valence electrons. The van der Waals surface area contributed by atoms with Crippen LogP contribution in [0.5, 0.6) is 0 Å². The number of nitrogens with zero attached hydrogens (tertiary/aromatic N) is 1. The molecule has 0 aromatic heterocycles. The van der Waals surface area contributed by atoms with Crippen molar-refractivity contribution in [3.8, 4) is 0 Å². The first-order valence-corrected chi connectivity index (χ1v) is 4.02. The van der Waals surface area contributed by atoms with E-state index in [1.807, 2.05) is 0 Å². The van der Waals surface area contributed by atoms with Crippen LogP contribution in [-0.4, -0.2) is 24.7 Å². The van der Waals surface area contributed by atoms with E-state index in [9.17, 15) is 13.2 Å². The van der Waals surface area contributed by atoms with Gasteiger partial charge in [0.2, 0.25) is 5.91 Å². The largest absolute Gasteiger partial charge is 0.380 e. The number of hydrogen-bond donors (Lipinski definition) is 2. The average Bonchev–Trinajstić information content (AvgIpc) is 1.53. The maximum Gasteiger partial charge on any atom is 0.380 e. The highest BCUT2D eigenvalue weighted by Gasteiger charge is 2.01. The molecule has 11 heavy (non-hydrogen) atoms. The van der Waals surface area contributed by atoms with Gasteiger partial charge < -0.3 is 5.32 Å². The summed E-state index contributed by atoms with van der Waals surface area (Å²) in [5.41, 5.74) is 0. The number of rotatable bonds is 1. The zero-order chi connectivity index (χ0) is 9.07. The lowest BCUT2D eigenvalue weighted by atomic mass is 10.6. The van der Waals surface area contributed by atoms with Gasteiger partial charge in [-0.3, -0.25) is 9.35 Å². The van der Waals surface area contributed by atoms with Crippen molar-refractivity contribution >= 4 is 22.0 Å². The monoisotopic (exact) mass is 180 g/mol. The fourth-order valence-corrected chi connectivity index (χ4v) is 0.842. The standard InChI is InChI=1S/C4H8N2O4S/c1-3(5-4(2)7)6-11(8,9)10/h1-2H3,(H,5,6,7)(H,8,9,10). The Balaban J connectivity index is 4.37. The zero-order valence-corrected chi connectivity index (χ0v) is 6.84. The summed E-state index contributed by atoms with van der Waals surface area (Å²) in [5, 5.41) is 2.07. The van der Waals surface area contributed by atoms with Crippen LogP contribution in [0.3, 0.4) is 0 Å². The van der Waals surface area contributed by atoms with Crippen LogP contribution < -0.4 is 5.32 Å². The van der Waals surface area contributed by atoms with Crippen molar-refractivity contribution in [2.45, 2.75) is 13.8 Å². The normalized spacial score (nSPS) is 12.8. The van der Waals surface area contributed by atoms with Gasteiger partial charge in [-0.2, -0.15) is 8.42 Å². The summed E-state index contributed by atoms with van der Waals surface area (Å²) in [6, 6.07) is 0. The van der Waals surface area contributed by atoms with Gasteiger partial charge in [-0.05, 0) is 6.92 Å². The summed E-state index contributed by atoms with van der Waals surface area (Å²) in [7, 11) is -4.40. The van der Waals surface area contributed by atoms with Crippen molar-refractivity contribution in [2.24, 2.45) is 4.40 Å². The fourth-order valence-electron chi connectivity index (χ4n) is 0.451. The van der Waals surface area contributed by atoms with Crippen molar-refractivity contribution in [2.75, 3.05) is 0 Å². The molecule has 0 saturated heterocycles. The highest BCUT2D eigenvalue weighted by Crippen LogP contribution is 1.83. The van der Waals surface area contributed by atoms with Gasteiger partial charge in [-0.1, -0.05) is 0 Å². The molecule has 0 radical (unpaired) electrons. The predicted molar refractivity (Wildman–Crippen MR) is 38.5 cm³/mol. The minimum Gasteiger partial charge on any atom is -0.314 e. The molecule has 0 spiro atoms. The van der Waals surface area contributed by atoms with E-state index >= 15 is 0 Å². The van der Waals surface area contributed by atoms with E-state index in [0.717, 1.165) is 0 Å². The van der Waals surface area contributed by atoms with Crippen LogP contribution in [-0.2, 0) is 15.1 Å². The van der Waals surface area contributed by atoms with Crippen molar-refractivity contribution in [3.63, 3.8) is 0 Å². The summed E-state index contributed by atoms with van der Waals surface area (Å²) >= 11 is 0. The Morgan fingerprint density at radius 3 is 2.18 bits per heavy atom. The van der Waals surface area contributed by atoms with Gasteiger partial charge >= 0.3 is 10.3 Å². The SMILES string of the molecule is CC(=O)N/C(C)=N/S(=O)(=O)O. The predicted octanol–water partition coefficient (Wildman–Crippen LogP) is -0.656. The highest BCUT2D eigenvalue weighted by molar-refractivity contribution is 7.84. The van der Waals surface area contributed by atoms with E-state index in [1.54, 1.807) is 0 Å². The molecular formula is C4H8N2O4S. The third-order valence-corrected chi connectivity index (χ3v) is 1.11. The lowest BCUT2D eigenvalue weighted by Crippen LogP contribution is -2.26. The molecule has 7 heteroatoms. The molecule has 0 aliphatic heterocycles. The van der Waals surface area contributed by atoms with E-state index in [4.69, 9.17) is 4.55 Å². The molecule has 0 aliphatic carbocycles. The Bertz CT molecular complexity index is 278. The van der Waals surface area contributed by atoms with Crippen LogP contribution >= 0.6 is 0 Å². The number of carbonyl (C=O) groups excluding carboxylic acids is 1. The molecule has 0 rings (SSSR count). The summed E-state index contributed by atoms with van der Waals surface area (Å²) in [6.45, 7) is 2.44. The van der Waals surface area contributed by atoms with E-state index in [-0.39, 0.29) is 5.84 Å². The third kappa shape index (κ3) is 6.94. The lowest BCUT2D eigenvalue weighted by molar-refractivity contribution is -0.117. The van der Waals surface area contributed by atoms with E-state index < -0.39 is 16.2 Å². The molecule has 6 nitrogen and oxygen atoms in total. The van der Waals surface area contributed by atoms with Crippen molar-refractivity contribution < 1.29 is 17.8 Å². The average molecular weight is 180 g/mol. The van der Waals surface area contributed by atoms with Gasteiger partial charge in [0, 0.05) is 6.92 Å².